The maximum absolute atomic E-state index is 9.37. The van der Waals surface area contributed by atoms with Gasteiger partial charge in [0.15, 0.2) is 5.75 Å². The zero-order chi connectivity index (χ0) is 14.1. The lowest BCUT2D eigenvalue weighted by Gasteiger charge is -2.09. The van der Waals surface area contributed by atoms with Gasteiger partial charge in [0.2, 0.25) is 0 Å². The van der Waals surface area contributed by atoms with Crippen molar-refractivity contribution in [1.82, 2.24) is 4.57 Å². The minimum atomic E-state index is -0.0203. The third kappa shape index (κ3) is 2.15. The van der Waals surface area contributed by atoms with E-state index in [2.05, 4.69) is 0 Å². The third-order valence-electron chi connectivity index (χ3n) is 3.35. The number of ether oxygens (including phenoxy) is 1. The van der Waals surface area contributed by atoms with E-state index in [0.29, 0.717) is 10.8 Å². The lowest BCUT2D eigenvalue weighted by Crippen LogP contribution is -1.94. The molecule has 2 aromatic carbocycles. The molecule has 4 heteroatoms. The van der Waals surface area contributed by atoms with Crippen molar-refractivity contribution in [2.75, 3.05) is 0 Å². The average Bonchev–Trinajstić information content (AvgIpc) is 2.80. The number of rotatable bonds is 3. The molecule has 0 amide bonds. The van der Waals surface area contributed by atoms with Gasteiger partial charge in [-0.3, -0.25) is 0 Å². The van der Waals surface area contributed by atoms with Gasteiger partial charge in [-0.1, -0.05) is 29.8 Å². The van der Waals surface area contributed by atoms with Gasteiger partial charge in [-0.05, 0) is 30.3 Å². The van der Waals surface area contributed by atoms with Crippen LogP contribution in [0.3, 0.4) is 0 Å². The Hall–Kier alpha value is -1.97. The fraction of sp³-hybridized carbons (Fsp3) is 0.125. The number of halogens is 1. The van der Waals surface area contributed by atoms with E-state index in [9.17, 15) is 5.11 Å². The van der Waals surface area contributed by atoms with E-state index < -0.39 is 0 Å². The highest BCUT2D eigenvalue weighted by Gasteiger charge is 2.13. The predicted molar refractivity (Wildman–Crippen MR) is 80.4 cm³/mol. The second kappa shape index (κ2) is 5.19. The van der Waals surface area contributed by atoms with Crippen molar-refractivity contribution in [3.63, 3.8) is 0 Å². The molecule has 0 bridgehead atoms. The standard InChI is InChI=1S/C16H14ClNO2/c1-18-11(10-19)9-13-15(18)8-7-14(17)16(13)20-12-5-3-2-4-6-12/h2-9,19H,10H2,1H3. The molecule has 0 saturated carbocycles. The van der Waals surface area contributed by atoms with Crippen LogP contribution < -0.4 is 4.74 Å². The largest absolute Gasteiger partial charge is 0.455 e. The zero-order valence-corrected chi connectivity index (χ0v) is 11.8. The molecule has 3 rings (SSSR count). The van der Waals surface area contributed by atoms with Crippen LogP contribution in [0.4, 0.5) is 0 Å². The molecule has 3 nitrogen and oxygen atoms in total. The van der Waals surface area contributed by atoms with E-state index in [0.717, 1.165) is 22.3 Å². The minimum Gasteiger partial charge on any atom is -0.455 e. The van der Waals surface area contributed by atoms with Crippen molar-refractivity contribution in [2.45, 2.75) is 6.61 Å². The molecule has 0 radical (unpaired) electrons. The van der Waals surface area contributed by atoms with Gasteiger partial charge in [-0.25, -0.2) is 0 Å². The van der Waals surface area contributed by atoms with Crippen molar-refractivity contribution >= 4 is 22.5 Å². The van der Waals surface area contributed by atoms with Gasteiger partial charge in [0.05, 0.1) is 17.1 Å². The second-order valence-corrected chi connectivity index (χ2v) is 4.98. The van der Waals surface area contributed by atoms with Gasteiger partial charge < -0.3 is 14.4 Å². The predicted octanol–water partition coefficient (Wildman–Crippen LogP) is 4.12. The van der Waals surface area contributed by atoms with Crippen molar-refractivity contribution in [2.24, 2.45) is 7.05 Å². The van der Waals surface area contributed by atoms with Gasteiger partial charge in [-0.2, -0.15) is 0 Å². The molecule has 0 spiro atoms. The quantitative estimate of drug-likeness (QED) is 0.786. The van der Waals surface area contributed by atoms with Gasteiger partial charge in [0, 0.05) is 18.1 Å². The number of aromatic nitrogens is 1. The summed E-state index contributed by atoms with van der Waals surface area (Å²) in [7, 11) is 1.91. The van der Waals surface area contributed by atoms with Crippen LogP contribution >= 0.6 is 11.6 Å². The maximum Gasteiger partial charge on any atom is 0.155 e. The second-order valence-electron chi connectivity index (χ2n) is 4.58. The highest BCUT2D eigenvalue weighted by atomic mass is 35.5. The first-order valence-corrected chi connectivity index (χ1v) is 6.69. The summed E-state index contributed by atoms with van der Waals surface area (Å²) in [5.74, 6) is 1.35. The summed E-state index contributed by atoms with van der Waals surface area (Å²) in [5.41, 5.74) is 1.80. The highest BCUT2D eigenvalue weighted by Crippen LogP contribution is 2.37. The Labute approximate surface area is 122 Å². The van der Waals surface area contributed by atoms with Crippen molar-refractivity contribution < 1.29 is 9.84 Å². The summed E-state index contributed by atoms with van der Waals surface area (Å²) in [6.07, 6.45) is 0. The number of hydrogen-bond acceptors (Lipinski definition) is 2. The number of nitrogens with zero attached hydrogens (tertiary/aromatic N) is 1. The van der Waals surface area contributed by atoms with Gasteiger partial charge in [-0.15, -0.1) is 0 Å². The molecular weight excluding hydrogens is 274 g/mol. The summed E-state index contributed by atoms with van der Waals surface area (Å²) in [4.78, 5) is 0. The molecule has 0 saturated heterocycles. The summed E-state index contributed by atoms with van der Waals surface area (Å²) in [6, 6.07) is 15.1. The molecule has 0 fully saturated rings. The van der Waals surface area contributed by atoms with Crippen molar-refractivity contribution in [3.05, 3.63) is 59.2 Å². The molecule has 3 aromatic rings. The third-order valence-corrected chi connectivity index (χ3v) is 3.65. The Morgan fingerprint density at radius 3 is 2.60 bits per heavy atom. The SMILES string of the molecule is Cn1c(CO)cc2c(Oc3ccccc3)c(Cl)ccc21. The van der Waals surface area contributed by atoms with Crippen molar-refractivity contribution in [3.8, 4) is 11.5 Å². The molecule has 102 valence electrons. The number of hydrogen-bond donors (Lipinski definition) is 1. The number of para-hydroxylation sites is 1. The first-order chi connectivity index (χ1) is 9.70. The molecular formula is C16H14ClNO2. The van der Waals surface area contributed by atoms with Crippen LogP contribution in [-0.4, -0.2) is 9.67 Å². The number of aliphatic hydroxyl groups is 1. The lowest BCUT2D eigenvalue weighted by molar-refractivity contribution is 0.273. The maximum atomic E-state index is 9.37. The molecule has 0 unspecified atom stereocenters. The Morgan fingerprint density at radius 1 is 1.15 bits per heavy atom. The summed E-state index contributed by atoms with van der Waals surface area (Å²) < 4.78 is 7.84. The fourth-order valence-corrected chi connectivity index (χ4v) is 2.48. The van der Waals surface area contributed by atoms with E-state index >= 15 is 0 Å². The molecule has 0 atom stereocenters. The molecule has 1 heterocycles. The van der Waals surface area contributed by atoms with E-state index in [1.54, 1.807) is 0 Å². The first-order valence-electron chi connectivity index (χ1n) is 6.31. The molecule has 0 aliphatic carbocycles. The summed E-state index contributed by atoms with van der Waals surface area (Å²) in [6.45, 7) is -0.0203. The lowest BCUT2D eigenvalue weighted by atomic mass is 10.2. The first kappa shape index (κ1) is 13.0. The van der Waals surface area contributed by atoms with Crippen LogP contribution in [0.5, 0.6) is 11.5 Å². The zero-order valence-electron chi connectivity index (χ0n) is 11.0. The molecule has 1 aromatic heterocycles. The van der Waals surface area contributed by atoms with Crippen LogP contribution in [0.15, 0.2) is 48.5 Å². The minimum absolute atomic E-state index is 0.0203. The Balaban J connectivity index is 2.16. The Morgan fingerprint density at radius 2 is 1.90 bits per heavy atom. The number of aliphatic hydroxyl groups excluding tert-OH is 1. The fourth-order valence-electron chi connectivity index (χ4n) is 2.27. The highest BCUT2D eigenvalue weighted by molar-refractivity contribution is 6.33. The van der Waals surface area contributed by atoms with E-state index in [-0.39, 0.29) is 6.61 Å². The summed E-state index contributed by atoms with van der Waals surface area (Å²) >= 11 is 6.26. The smallest absolute Gasteiger partial charge is 0.155 e. The van der Waals surface area contributed by atoms with E-state index in [4.69, 9.17) is 16.3 Å². The van der Waals surface area contributed by atoms with E-state index in [1.807, 2.05) is 60.1 Å². The van der Waals surface area contributed by atoms with Crippen LogP contribution in [0, 0.1) is 0 Å². The van der Waals surface area contributed by atoms with Gasteiger partial charge in [0.1, 0.15) is 5.75 Å². The van der Waals surface area contributed by atoms with Gasteiger partial charge in [0.25, 0.3) is 0 Å². The normalized spacial score (nSPS) is 10.9. The summed E-state index contributed by atoms with van der Waals surface area (Å²) in [5, 5.41) is 10.8. The number of fused-ring (bicyclic) bond motifs is 1. The monoisotopic (exact) mass is 287 g/mol. The topological polar surface area (TPSA) is 34.4 Å². The average molecular weight is 288 g/mol. The molecule has 20 heavy (non-hydrogen) atoms. The van der Waals surface area contributed by atoms with Crippen molar-refractivity contribution in [1.29, 1.82) is 0 Å². The van der Waals surface area contributed by atoms with Crippen LogP contribution in [0.1, 0.15) is 5.69 Å². The van der Waals surface area contributed by atoms with Gasteiger partial charge >= 0.3 is 0 Å². The molecule has 0 aliphatic heterocycles. The van der Waals surface area contributed by atoms with E-state index in [1.165, 1.54) is 0 Å². The van der Waals surface area contributed by atoms with Crippen LogP contribution in [-0.2, 0) is 13.7 Å². The molecule has 0 aliphatic rings. The van der Waals surface area contributed by atoms with Crippen LogP contribution in [0.2, 0.25) is 5.02 Å². The Bertz CT molecular complexity index is 750. The molecule has 1 N–H and O–H groups in total. The number of aryl methyl sites for hydroxylation is 1. The number of benzene rings is 2. The van der Waals surface area contributed by atoms with Crippen LogP contribution in [0.25, 0.3) is 10.9 Å². The Kier molecular flexibility index (Phi) is 3.38.